The minimum atomic E-state index is -4.45. The number of carbonyl (C=O) groups excluding carboxylic acids is 1. The van der Waals surface area contributed by atoms with Gasteiger partial charge in [-0.3, -0.25) is 25.0 Å². The first-order valence-electron chi connectivity index (χ1n) is 10.9. The second-order valence-electron chi connectivity index (χ2n) is 8.22. The molecule has 0 aliphatic carbocycles. The molecule has 1 aliphatic heterocycles. The molecule has 0 saturated carbocycles. The number of rotatable bonds is 10. The van der Waals surface area contributed by atoms with Gasteiger partial charge in [-0.1, -0.05) is 30.3 Å². The van der Waals surface area contributed by atoms with Gasteiger partial charge in [0.15, 0.2) is 6.17 Å². The van der Waals surface area contributed by atoms with E-state index in [0.29, 0.717) is 9.87 Å². The lowest BCUT2D eigenvalue weighted by Crippen LogP contribution is -2.53. The third-order valence-electron chi connectivity index (χ3n) is 5.73. The van der Waals surface area contributed by atoms with Gasteiger partial charge in [-0.2, -0.15) is 12.7 Å². The third-order valence-corrected chi connectivity index (χ3v) is 8.89. The summed E-state index contributed by atoms with van der Waals surface area (Å²) >= 11 is 0. The first-order chi connectivity index (χ1) is 17.9. The second kappa shape index (κ2) is 10.3. The summed E-state index contributed by atoms with van der Waals surface area (Å²) in [5, 5.41) is 23.1. The highest BCUT2D eigenvalue weighted by molar-refractivity contribution is 7.90. The number of aliphatic carboxylic acids is 1. The van der Waals surface area contributed by atoms with Gasteiger partial charge in [0.05, 0.1) is 16.4 Å². The summed E-state index contributed by atoms with van der Waals surface area (Å²) in [7, 11) is -8.55. The van der Waals surface area contributed by atoms with E-state index in [2.05, 4.69) is 5.32 Å². The maximum absolute atomic E-state index is 13.1. The molecular formula is C22H21N5O9S2. The van der Waals surface area contributed by atoms with Crippen LogP contribution in [0.25, 0.3) is 0 Å². The molecule has 200 valence electrons. The molecule has 1 aromatic heterocycles. The highest BCUT2D eigenvalue weighted by Gasteiger charge is 2.46. The molecule has 2 heterocycles. The first kappa shape index (κ1) is 26.9. The van der Waals surface area contributed by atoms with Crippen LogP contribution in [0.15, 0.2) is 77.8 Å². The summed E-state index contributed by atoms with van der Waals surface area (Å²) in [6.45, 7) is -0.582. The zero-order valence-electron chi connectivity index (χ0n) is 19.4. The molecule has 3 aromatic rings. The molecule has 0 radical (unpaired) electrons. The van der Waals surface area contributed by atoms with E-state index in [4.69, 9.17) is 0 Å². The molecule has 38 heavy (non-hydrogen) atoms. The normalized spacial score (nSPS) is 18.1. The van der Waals surface area contributed by atoms with E-state index in [0.717, 1.165) is 3.97 Å². The zero-order valence-corrected chi connectivity index (χ0v) is 21.0. The van der Waals surface area contributed by atoms with Crippen LogP contribution in [-0.4, -0.2) is 59.2 Å². The molecule has 2 atom stereocenters. The predicted octanol–water partition coefficient (Wildman–Crippen LogP) is 0.422. The topological polar surface area (TPSA) is 198 Å². The monoisotopic (exact) mass is 563 g/mol. The van der Waals surface area contributed by atoms with Crippen LogP contribution >= 0.6 is 0 Å². The number of nitro groups is 1. The zero-order chi connectivity index (χ0) is 27.7. The first-order valence-corrected chi connectivity index (χ1v) is 13.8. The van der Waals surface area contributed by atoms with E-state index in [1.54, 1.807) is 10.8 Å². The van der Waals surface area contributed by atoms with Gasteiger partial charge in [-0.25, -0.2) is 17.1 Å². The standard InChI is InChI=1S/C22H21N5O9S2/c28-21-20(23-19(22(29)30)13-15-8-10-16(11-9-15)27(31)32)26(38(35,36)24-21)14-17-5-4-12-25(17)37(33,34)18-6-2-1-3-7-18/h1-12,19-20,23H,13-14H2,(H,24,28)(H,29,30)/t19-,20+/m0/s1. The maximum atomic E-state index is 13.1. The SMILES string of the molecule is O=C(O)[C@H](Cc1ccc([N+](=O)[O-])cc1)N[C@H]1C(=O)NS(=O)(=O)N1Cc1cccn1S(=O)(=O)c1ccccc1. The quantitative estimate of drug-likeness (QED) is 0.229. The van der Waals surface area contributed by atoms with Crippen molar-refractivity contribution in [2.24, 2.45) is 0 Å². The van der Waals surface area contributed by atoms with Crippen molar-refractivity contribution in [3.63, 3.8) is 0 Å². The van der Waals surface area contributed by atoms with Crippen LogP contribution in [0.3, 0.4) is 0 Å². The molecule has 0 unspecified atom stereocenters. The number of carboxylic acid groups (broad SMARTS) is 1. The fourth-order valence-corrected chi connectivity index (χ4v) is 6.47. The van der Waals surface area contributed by atoms with Crippen molar-refractivity contribution in [1.82, 2.24) is 18.3 Å². The number of nitro benzene ring substituents is 1. The van der Waals surface area contributed by atoms with Crippen molar-refractivity contribution in [3.8, 4) is 0 Å². The number of hydrogen-bond donors (Lipinski definition) is 3. The lowest BCUT2D eigenvalue weighted by molar-refractivity contribution is -0.384. The highest BCUT2D eigenvalue weighted by atomic mass is 32.2. The van der Waals surface area contributed by atoms with Crippen LogP contribution in [0, 0.1) is 10.1 Å². The van der Waals surface area contributed by atoms with Crippen LogP contribution in [0.2, 0.25) is 0 Å². The number of amides is 1. The summed E-state index contributed by atoms with van der Waals surface area (Å²) in [5.41, 5.74) is 0.184. The Morgan fingerprint density at radius 2 is 1.76 bits per heavy atom. The molecule has 0 bridgehead atoms. The summed E-state index contributed by atoms with van der Waals surface area (Å²) in [6.07, 6.45) is -0.682. The number of hydrogen-bond acceptors (Lipinski definition) is 9. The van der Waals surface area contributed by atoms with Gasteiger partial charge >= 0.3 is 16.2 Å². The Morgan fingerprint density at radius 3 is 2.37 bits per heavy atom. The Morgan fingerprint density at radius 1 is 1.11 bits per heavy atom. The summed E-state index contributed by atoms with van der Waals surface area (Å²) in [5.74, 6) is -2.46. The number of nitrogens with one attached hydrogen (secondary N) is 2. The molecule has 2 aromatic carbocycles. The van der Waals surface area contributed by atoms with Gasteiger partial charge in [-0.05, 0) is 36.2 Å². The Kier molecular flexibility index (Phi) is 7.32. The molecule has 1 aliphatic rings. The smallest absolute Gasteiger partial charge is 0.321 e. The van der Waals surface area contributed by atoms with E-state index in [1.165, 1.54) is 66.9 Å². The number of nitrogens with zero attached hydrogens (tertiary/aromatic N) is 3. The van der Waals surface area contributed by atoms with Gasteiger partial charge < -0.3 is 5.11 Å². The molecule has 4 rings (SSSR count). The number of non-ortho nitro benzene ring substituents is 1. The second-order valence-corrected chi connectivity index (χ2v) is 11.7. The van der Waals surface area contributed by atoms with Crippen molar-refractivity contribution >= 4 is 37.8 Å². The summed E-state index contributed by atoms with van der Waals surface area (Å²) < 4.78 is 55.0. The largest absolute Gasteiger partial charge is 0.480 e. The van der Waals surface area contributed by atoms with E-state index in [9.17, 15) is 41.6 Å². The molecule has 3 N–H and O–H groups in total. The van der Waals surface area contributed by atoms with Gasteiger partial charge in [0.25, 0.3) is 21.6 Å². The van der Waals surface area contributed by atoms with Gasteiger partial charge in [-0.15, -0.1) is 0 Å². The molecule has 0 spiro atoms. The molecule has 14 nitrogen and oxygen atoms in total. The number of benzene rings is 2. The van der Waals surface area contributed by atoms with Gasteiger partial charge in [0.1, 0.15) is 6.04 Å². The lowest BCUT2D eigenvalue weighted by Gasteiger charge is -2.24. The average Bonchev–Trinajstić information content (AvgIpc) is 3.42. The molecule has 16 heteroatoms. The van der Waals surface area contributed by atoms with Crippen molar-refractivity contribution in [2.75, 3.05) is 0 Å². The van der Waals surface area contributed by atoms with E-state index in [-0.39, 0.29) is 22.7 Å². The third kappa shape index (κ3) is 5.42. The predicted molar refractivity (Wildman–Crippen MR) is 131 cm³/mol. The average molecular weight is 564 g/mol. The van der Waals surface area contributed by atoms with E-state index in [1.807, 2.05) is 0 Å². The Hall–Kier alpha value is -4.12. The highest BCUT2D eigenvalue weighted by Crippen LogP contribution is 2.22. The Labute approximate surface area is 216 Å². The van der Waals surface area contributed by atoms with Crippen molar-refractivity contribution in [2.45, 2.75) is 30.1 Å². The van der Waals surface area contributed by atoms with Crippen LogP contribution in [0.4, 0.5) is 5.69 Å². The summed E-state index contributed by atoms with van der Waals surface area (Å²) in [6, 6.07) is 13.8. The molecule has 1 amide bonds. The minimum absolute atomic E-state index is 0.00275. The lowest BCUT2D eigenvalue weighted by atomic mass is 10.1. The molecule has 1 saturated heterocycles. The Balaban J connectivity index is 1.61. The van der Waals surface area contributed by atoms with Crippen molar-refractivity contribution < 1.29 is 36.5 Å². The number of carbonyl (C=O) groups is 2. The Bertz CT molecular complexity index is 1590. The minimum Gasteiger partial charge on any atom is -0.480 e. The fourth-order valence-electron chi connectivity index (χ4n) is 3.87. The maximum Gasteiger partial charge on any atom is 0.321 e. The molecular weight excluding hydrogens is 542 g/mol. The van der Waals surface area contributed by atoms with Crippen molar-refractivity contribution in [1.29, 1.82) is 0 Å². The van der Waals surface area contributed by atoms with E-state index < -0.39 is 55.8 Å². The van der Waals surface area contributed by atoms with Crippen molar-refractivity contribution in [3.05, 3.63) is 94.3 Å². The summed E-state index contributed by atoms with van der Waals surface area (Å²) in [4.78, 5) is 34.7. The fraction of sp³-hybridized carbons (Fsp3) is 0.182. The van der Waals surface area contributed by atoms with Crippen LogP contribution in [-0.2, 0) is 42.8 Å². The number of carboxylic acids is 1. The van der Waals surface area contributed by atoms with Crippen LogP contribution < -0.4 is 10.0 Å². The van der Waals surface area contributed by atoms with Gasteiger partial charge in [0.2, 0.25) is 0 Å². The van der Waals surface area contributed by atoms with Gasteiger partial charge in [0, 0.05) is 24.0 Å². The van der Waals surface area contributed by atoms with Crippen LogP contribution in [0.1, 0.15) is 11.3 Å². The van der Waals surface area contributed by atoms with E-state index >= 15 is 0 Å². The van der Waals surface area contributed by atoms with Crippen LogP contribution in [0.5, 0.6) is 0 Å². The number of aromatic nitrogens is 1. The molecule has 1 fully saturated rings.